The molecule has 2 unspecified atom stereocenters. The number of hydrogen-bond donors (Lipinski definition) is 1. The van der Waals surface area contributed by atoms with Gasteiger partial charge in [-0.2, -0.15) is 0 Å². The third-order valence-corrected chi connectivity index (χ3v) is 5.48. The van der Waals surface area contributed by atoms with Crippen molar-refractivity contribution in [1.82, 2.24) is 0 Å². The molecule has 1 aliphatic heterocycles. The van der Waals surface area contributed by atoms with Crippen molar-refractivity contribution in [2.45, 2.75) is 43.7 Å². The molecule has 4 heteroatoms. The number of methoxy groups -OCH3 is 1. The minimum absolute atomic E-state index is 0.0984. The molecule has 1 aliphatic carbocycles. The van der Waals surface area contributed by atoms with E-state index in [1.165, 1.54) is 24.1 Å². The number of hydrogen-bond acceptors (Lipinski definition) is 4. The largest absolute Gasteiger partial charge is 0.496 e. The van der Waals surface area contributed by atoms with Crippen molar-refractivity contribution in [2.24, 2.45) is 11.7 Å². The van der Waals surface area contributed by atoms with Gasteiger partial charge in [0.25, 0.3) is 0 Å². The van der Waals surface area contributed by atoms with Crippen LogP contribution >= 0.6 is 11.3 Å². The normalized spacial score (nSPS) is 27.8. The fourth-order valence-corrected chi connectivity index (χ4v) is 4.18. The predicted octanol–water partition coefficient (Wildman–Crippen LogP) is 3.11. The maximum atomic E-state index is 6.47. The fraction of sp³-hybridized carbons (Fsp3) is 0.714. The van der Waals surface area contributed by atoms with Gasteiger partial charge in [-0.15, -0.1) is 11.3 Å². The summed E-state index contributed by atoms with van der Waals surface area (Å²) in [6, 6.07) is 2.11. The van der Waals surface area contributed by atoms with Crippen molar-refractivity contribution in [1.29, 1.82) is 0 Å². The Morgan fingerprint density at radius 1 is 1.56 bits per heavy atom. The van der Waals surface area contributed by atoms with Gasteiger partial charge in [0.05, 0.1) is 17.6 Å². The van der Waals surface area contributed by atoms with Crippen LogP contribution in [-0.4, -0.2) is 19.3 Å². The summed E-state index contributed by atoms with van der Waals surface area (Å²) in [5.41, 5.74) is 6.64. The van der Waals surface area contributed by atoms with Crippen molar-refractivity contribution >= 4 is 11.3 Å². The lowest BCUT2D eigenvalue weighted by Gasteiger charge is -2.48. The second-order valence-electron chi connectivity index (χ2n) is 5.52. The molecule has 1 spiro atoms. The number of ether oxygens (including phenoxy) is 2. The van der Waals surface area contributed by atoms with E-state index < -0.39 is 0 Å². The van der Waals surface area contributed by atoms with Crippen molar-refractivity contribution in [2.75, 3.05) is 13.7 Å². The highest BCUT2D eigenvalue weighted by molar-refractivity contribution is 7.10. The molecule has 2 N–H and O–H groups in total. The van der Waals surface area contributed by atoms with Crippen molar-refractivity contribution < 1.29 is 9.47 Å². The van der Waals surface area contributed by atoms with E-state index in [0.717, 1.165) is 25.2 Å². The lowest BCUT2D eigenvalue weighted by molar-refractivity contribution is -0.146. The van der Waals surface area contributed by atoms with Gasteiger partial charge in [-0.05, 0) is 49.5 Å². The second-order valence-corrected chi connectivity index (χ2v) is 6.46. The molecule has 0 bridgehead atoms. The fourth-order valence-electron chi connectivity index (χ4n) is 3.23. The van der Waals surface area contributed by atoms with Gasteiger partial charge in [0.15, 0.2) is 0 Å². The first-order chi connectivity index (χ1) is 8.74. The van der Waals surface area contributed by atoms with Crippen LogP contribution in [0.1, 0.15) is 43.0 Å². The van der Waals surface area contributed by atoms with Gasteiger partial charge >= 0.3 is 0 Å². The van der Waals surface area contributed by atoms with Crippen LogP contribution in [0.15, 0.2) is 11.4 Å². The number of nitrogens with two attached hydrogens (primary N) is 1. The summed E-state index contributed by atoms with van der Waals surface area (Å²) in [6.07, 6.45) is 5.94. The van der Waals surface area contributed by atoms with E-state index in [-0.39, 0.29) is 11.6 Å². The average molecular weight is 267 g/mol. The van der Waals surface area contributed by atoms with E-state index in [1.807, 2.05) is 6.07 Å². The molecule has 2 heterocycles. The van der Waals surface area contributed by atoms with E-state index in [0.29, 0.717) is 5.92 Å². The Bertz CT molecular complexity index is 414. The highest BCUT2D eigenvalue weighted by Crippen LogP contribution is 2.48. The molecule has 3 rings (SSSR count). The molecule has 2 fully saturated rings. The molecule has 0 radical (unpaired) electrons. The van der Waals surface area contributed by atoms with Crippen LogP contribution in [0.25, 0.3) is 0 Å². The zero-order chi connectivity index (χ0) is 12.6. The Balaban J connectivity index is 1.73. The lowest BCUT2D eigenvalue weighted by Crippen LogP contribution is -2.47. The first kappa shape index (κ1) is 12.5. The molecule has 100 valence electrons. The maximum absolute atomic E-state index is 6.47. The lowest BCUT2D eigenvalue weighted by atomic mass is 9.70. The zero-order valence-corrected chi connectivity index (χ0v) is 11.7. The molecule has 0 amide bonds. The molecule has 1 saturated heterocycles. The Morgan fingerprint density at radius 2 is 2.39 bits per heavy atom. The number of rotatable bonds is 3. The Morgan fingerprint density at radius 3 is 3.06 bits per heavy atom. The van der Waals surface area contributed by atoms with Crippen LogP contribution in [0.4, 0.5) is 0 Å². The minimum atomic E-state index is 0.0984. The van der Waals surface area contributed by atoms with E-state index in [2.05, 4.69) is 5.38 Å². The Kier molecular flexibility index (Phi) is 3.34. The first-order valence-corrected chi connectivity index (χ1v) is 7.63. The van der Waals surface area contributed by atoms with Gasteiger partial charge in [0, 0.05) is 12.6 Å². The van der Waals surface area contributed by atoms with Crippen molar-refractivity contribution in [3.05, 3.63) is 16.3 Å². The van der Waals surface area contributed by atoms with Gasteiger partial charge in [-0.25, -0.2) is 0 Å². The van der Waals surface area contributed by atoms with Gasteiger partial charge < -0.3 is 15.2 Å². The van der Waals surface area contributed by atoms with E-state index in [1.54, 1.807) is 18.4 Å². The average Bonchev–Trinajstić information content (AvgIpc) is 2.84. The monoisotopic (exact) mass is 267 g/mol. The van der Waals surface area contributed by atoms with Gasteiger partial charge in [-0.1, -0.05) is 0 Å². The molecule has 2 aliphatic rings. The van der Waals surface area contributed by atoms with E-state index >= 15 is 0 Å². The molecule has 3 nitrogen and oxygen atoms in total. The Hall–Kier alpha value is -0.580. The molecule has 2 atom stereocenters. The molecule has 0 aromatic carbocycles. The highest BCUT2D eigenvalue weighted by atomic mass is 32.1. The van der Waals surface area contributed by atoms with Gasteiger partial charge in [-0.3, -0.25) is 0 Å². The molecule has 1 aromatic rings. The summed E-state index contributed by atoms with van der Waals surface area (Å²) >= 11 is 1.71. The topological polar surface area (TPSA) is 44.5 Å². The maximum Gasteiger partial charge on any atom is 0.134 e. The molecular formula is C14H21NO2S. The third-order valence-electron chi connectivity index (χ3n) is 4.48. The summed E-state index contributed by atoms with van der Waals surface area (Å²) in [4.78, 5) is 1.19. The van der Waals surface area contributed by atoms with Crippen LogP contribution in [0.5, 0.6) is 5.75 Å². The molecular weight excluding hydrogens is 246 g/mol. The van der Waals surface area contributed by atoms with Gasteiger partial charge in [0.2, 0.25) is 0 Å². The first-order valence-electron chi connectivity index (χ1n) is 6.75. The quantitative estimate of drug-likeness (QED) is 0.915. The molecule has 1 saturated carbocycles. The van der Waals surface area contributed by atoms with Gasteiger partial charge in [0.1, 0.15) is 5.75 Å². The predicted molar refractivity (Wildman–Crippen MR) is 73.1 cm³/mol. The van der Waals surface area contributed by atoms with Crippen LogP contribution in [0.2, 0.25) is 0 Å². The SMILES string of the molecule is COc1ccsc1C(N)C1CCOC2(CCC2)C1. The summed E-state index contributed by atoms with van der Waals surface area (Å²) in [5.74, 6) is 1.48. The standard InChI is InChI=1S/C14H21NO2S/c1-16-11-4-8-18-13(11)12(15)10-3-7-17-14(9-10)5-2-6-14/h4,8,10,12H,2-3,5-7,9,15H2,1H3. The van der Waals surface area contributed by atoms with E-state index in [4.69, 9.17) is 15.2 Å². The highest BCUT2D eigenvalue weighted by Gasteiger charge is 2.44. The third kappa shape index (κ3) is 2.06. The Labute approximate surface area is 112 Å². The summed E-state index contributed by atoms with van der Waals surface area (Å²) < 4.78 is 11.4. The summed E-state index contributed by atoms with van der Waals surface area (Å²) in [5, 5.41) is 2.06. The smallest absolute Gasteiger partial charge is 0.134 e. The van der Waals surface area contributed by atoms with Crippen molar-refractivity contribution in [3.8, 4) is 5.75 Å². The van der Waals surface area contributed by atoms with Crippen molar-refractivity contribution in [3.63, 3.8) is 0 Å². The van der Waals surface area contributed by atoms with Crippen LogP contribution in [0.3, 0.4) is 0 Å². The summed E-state index contributed by atoms with van der Waals surface area (Å²) in [6.45, 7) is 0.867. The van der Waals surface area contributed by atoms with E-state index in [9.17, 15) is 0 Å². The van der Waals surface area contributed by atoms with Crippen LogP contribution in [-0.2, 0) is 4.74 Å². The van der Waals surface area contributed by atoms with Crippen LogP contribution in [0, 0.1) is 5.92 Å². The molecule has 1 aromatic heterocycles. The second kappa shape index (κ2) is 4.83. The van der Waals surface area contributed by atoms with Crippen LogP contribution < -0.4 is 10.5 Å². The minimum Gasteiger partial charge on any atom is -0.496 e. The zero-order valence-electron chi connectivity index (χ0n) is 10.9. The summed E-state index contributed by atoms with van der Waals surface area (Å²) in [7, 11) is 1.72. The number of thiophene rings is 1. The molecule has 18 heavy (non-hydrogen) atoms.